The maximum absolute atomic E-state index is 13.1. The first-order valence-electron chi connectivity index (χ1n) is 5.44. The van der Waals surface area contributed by atoms with E-state index in [2.05, 4.69) is 0 Å². The van der Waals surface area contributed by atoms with Crippen LogP contribution in [0.5, 0.6) is 11.5 Å². The summed E-state index contributed by atoms with van der Waals surface area (Å²) in [5.41, 5.74) is 6.30. The molecule has 0 bridgehead atoms. The van der Waals surface area contributed by atoms with Crippen LogP contribution in [0.25, 0.3) is 0 Å². The lowest BCUT2D eigenvalue weighted by atomic mass is 10.2. The number of halogens is 1. The predicted octanol–water partition coefficient (Wildman–Crippen LogP) is 3.42. The van der Waals surface area contributed by atoms with Crippen molar-refractivity contribution in [1.29, 1.82) is 0 Å². The molecule has 0 aliphatic carbocycles. The van der Waals surface area contributed by atoms with Gasteiger partial charge in [-0.25, -0.2) is 4.39 Å². The van der Waals surface area contributed by atoms with Gasteiger partial charge in [0.2, 0.25) is 0 Å². The number of nitrogens with zero attached hydrogens (tertiary/aromatic N) is 1. The SMILES string of the molecule is Cc1ccc(F)cc1Oc1cc(N)cc([N+](=O)[O-])c1. The van der Waals surface area contributed by atoms with E-state index in [1.165, 1.54) is 30.3 Å². The van der Waals surface area contributed by atoms with Gasteiger partial charge in [-0.3, -0.25) is 10.1 Å². The number of hydrogen-bond donors (Lipinski definition) is 1. The zero-order valence-electron chi connectivity index (χ0n) is 10.1. The monoisotopic (exact) mass is 262 g/mol. The van der Waals surface area contributed by atoms with Gasteiger partial charge >= 0.3 is 0 Å². The van der Waals surface area contributed by atoms with Crippen molar-refractivity contribution in [3.05, 3.63) is 57.9 Å². The second kappa shape index (κ2) is 4.93. The molecule has 5 nitrogen and oxygen atoms in total. The summed E-state index contributed by atoms with van der Waals surface area (Å²) in [7, 11) is 0. The maximum atomic E-state index is 13.1. The standard InChI is InChI=1S/C13H11FN2O3/c1-8-2-3-9(14)4-13(8)19-12-6-10(15)5-11(7-12)16(17)18/h2-7H,15H2,1H3. The van der Waals surface area contributed by atoms with Crippen LogP contribution in [0, 0.1) is 22.9 Å². The smallest absolute Gasteiger partial charge is 0.275 e. The Morgan fingerprint density at radius 2 is 2.00 bits per heavy atom. The molecule has 2 aromatic rings. The number of non-ortho nitro benzene ring substituents is 1. The fourth-order valence-corrected chi connectivity index (χ4v) is 1.58. The van der Waals surface area contributed by atoms with E-state index in [1.807, 2.05) is 0 Å². The summed E-state index contributed by atoms with van der Waals surface area (Å²) in [4.78, 5) is 10.1. The summed E-state index contributed by atoms with van der Waals surface area (Å²) < 4.78 is 18.6. The summed E-state index contributed by atoms with van der Waals surface area (Å²) >= 11 is 0. The van der Waals surface area contributed by atoms with Crippen LogP contribution in [0.2, 0.25) is 0 Å². The van der Waals surface area contributed by atoms with Crippen molar-refractivity contribution in [1.82, 2.24) is 0 Å². The molecule has 2 N–H and O–H groups in total. The second-order valence-electron chi connectivity index (χ2n) is 4.03. The predicted molar refractivity (Wildman–Crippen MR) is 68.7 cm³/mol. The number of anilines is 1. The highest BCUT2D eigenvalue weighted by molar-refractivity contribution is 5.54. The molecule has 0 aromatic heterocycles. The average Bonchev–Trinajstić information content (AvgIpc) is 2.33. The van der Waals surface area contributed by atoms with Crippen LogP contribution >= 0.6 is 0 Å². The van der Waals surface area contributed by atoms with Gasteiger partial charge in [-0.05, 0) is 18.6 Å². The second-order valence-corrected chi connectivity index (χ2v) is 4.03. The fraction of sp³-hybridized carbons (Fsp3) is 0.0769. The molecular formula is C13H11FN2O3. The molecule has 0 fully saturated rings. The summed E-state index contributed by atoms with van der Waals surface area (Å²) in [5.74, 6) is 0.0410. The van der Waals surface area contributed by atoms with Crippen LogP contribution in [-0.4, -0.2) is 4.92 Å². The Hall–Kier alpha value is -2.63. The third-order valence-electron chi connectivity index (χ3n) is 2.50. The molecule has 0 aliphatic rings. The van der Waals surface area contributed by atoms with Gasteiger partial charge in [0.05, 0.1) is 11.0 Å². The van der Waals surface area contributed by atoms with Gasteiger partial charge in [-0.2, -0.15) is 0 Å². The molecule has 2 aromatic carbocycles. The highest BCUT2D eigenvalue weighted by Crippen LogP contribution is 2.30. The largest absolute Gasteiger partial charge is 0.457 e. The molecule has 19 heavy (non-hydrogen) atoms. The number of nitrogens with two attached hydrogens (primary N) is 1. The van der Waals surface area contributed by atoms with Gasteiger partial charge in [-0.1, -0.05) is 6.07 Å². The van der Waals surface area contributed by atoms with Crippen molar-refractivity contribution < 1.29 is 14.1 Å². The molecule has 98 valence electrons. The lowest BCUT2D eigenvalue weighted by Gasteiger charge is -2.09. The van der Waals surface area contributed by atoms with Crippen molar-refractivity contribution in [3.63, 3.8) is 0 Å². The molecule has 0 heterocycles. The first kappa shape index (κ1) is 12.8. The van der Waals surface area contributed by atoms with Gasteiger partial charge in [0.1, 0.15) is 17.3 Å². The van der Waals surface area contributed by atoms with Crippen LogP contribution in [0.15, 0.2) is 36.4 Å². The number of ether oxygens (including phenoxy) is 1. The molecule has 6 heteroatoms. The van der Waals surface area contributed by atoms with Gasteiger partial charge in [0.25, 0.3) is 5.69 Å². The fourth-order valence-electron chi connectivity index (χ4n) is 1.58. The molecule has 0 unspecified atom stereocenters. The number of aryl methyl sites for hydroxylation is 1. The van der Waals surface area contributed by atoms with E-state index in [9.17, 15) is 14.5 Å². The van der Waals surface area contributed by atoms with E-state index in [0.29, 0.717) is 11.3 Å². The van der Waals surface area contributed by atoms with E-state index < -0.39 is 10.7 Å². The summed E-state index contributed by atoms with van der Waals surface area (Å²) in [6.07, 6.45) is 0. The Morgan fingerprint density at radius 3 is 2.68 bits per heavy atom. The first-order chi connectivity index (χ1) is 8.95. The van der Waals surface area contributed by atoms with Crippen LogP contribution in [0.1, 0.15) is 5.56 Å². The Labute approximate surface area is 108 Å². The van der Waals surface area contributed by atoms with Crippen molar-refractivity contribution in [2.45, 2.75) is 6.92 Å². The number of nitro groups is 1. The number of rotatable bonds is 3. The average molecular weight is 262 g/mol. The van der Waals surface area contributed by atoms with E-state index in [1.54, 1.807) is 13.0 Å². The topological polar surface area (TPSA) is 78.4 Å². The minimum atomic E-state index is -0.568. The van der Waals surface area contributed by atoms with Crippen LogP contribution in [-0.2, 0) is 0 Å². The molecule has 0 radical (unpaired) electrons. The Kier molecular flexibility index (Phi) is 3.33. The molecule has 0 atom stereocenters. The number of benzene rings is 2. The molecule has 0 aliphatic heterocycles. The lowest BCUT2D eigenvalue weighted by molar-refractivity contribution is -0.384. The van der Waals surface area contributed by atoms with Crippen molar-refractivity contribution in [3.8, 4) is 11.5 Å². The lowest BCUT2D eigenvalue weighted by Crippen LogP contribution is -1.94. The van der Waals surface area contributed by atoms with Crippen LogP contribution in [0.4, 0.5) is 15.8 Å². The Morgan fingerprint density at radius 1 is 1.26 bits per heavy atom. The summed E-state index contributed by atoms with van der Waals surface area (Å²) in [6.45, 7) is 1.75. The van der Waals surface area contributed by atoms with Gasteiger partial charge in [0.15, 0.2) is 0 Å². The minimum Gasteiger partial charge on any atom is -0.457 e. The molecule has 0 amide bonds. The third kappa shape index (κ3) is 2.98. The number of nitro benzene ring substituents is 1. The Balaban J connectivity index is 2.38. The minimum absolute atomic E-state index is 0.177. The van der Waals surface area contributed by atoms with Gasteiger partial charge in [0, 0.05) is 23.9 Å². The summed E-state index contributed by atoms with van der Waals surface area (Å²) in [6, 6.07) is 7.99. The number of hydrogen-bond acceptors (Lipinski definition) is 4. The van der Waals surface area contributed by atoms with Crippen LogP contribution in [0.3, 0.4) is 0 Å². The normalized spacial score (nSPS) is 10.2. The van der Waals surface area contributed by atoms with E-state index >= 15 is 0 Å². The maximum Gasteiger partial charge on any atom is 0.275 e. The molecule has 0 spiro atoms. The van der Waals surface area contributed by atoms with Crippen LogP contribution < -0.4 is 10.5 Å². The van der Waals surface area contributed by atoms with Gasteiger partial charge in [-0.15, -0.1) is 0 Å². The quantitative estimate of drug-likeness (QED) is 0.522. The van der Waals surface area contributed by atoms with Crippen molar-refractivity contribution in [2.24, 2.45) is 0 Å². The van der Waals surface area contributed by atoms with Gasteiger partial charge < -0.3 is 10.5 Å². The zero-order valence-corrected chi connectivity index (χ0v) is 10.1. The van der Waals surface area contributed by atoms with E-state index in [4.69, 9.17) is 10.5 Å². The van der Waals surface area contributed by atoms with E-state index in [-0.39, 0.29) is 17.1 Å². The number of nitrogen functional groups attached to an aromatic ring is 1. The first-order valence-corrected chi connectivity index (χ1v) is 5.44. The zero-order chi connectivity index (χ0) is 14.0. The van der Waals surface area contributed by atoms with Crippen molar-refractivity contribution in [2.75, 3.05) is 5.73 Å². The molecule has 2 rings (SSSR count). The molecular weight excluding hydrogens is 251 g/mol. The highest BCUT2D eigenvalue weighted by atomic mass is 19.1. The highest BCUT2D eigenvalue weighted by Gasteiger charge is 2.11. The molecule has 0 saturated carbocycles. The Bertz CT molecular complexity index is 644. The van der Waals surface area contributed by atoms with Crippen molar-refractivity contribution >= 4 is 11.4 Å². The molecule has 0 saturated heterocycles. The van der Waals surface area contributed by atoms with E-state index in [0.717, 1.165) is 0 Å². The third-order valence-corrected chi connectivity index (χ3v) is 2.50. The summed E-state index contributed by atoms with van der Waals surface area (Å²) in [5, 5.41) is 10.7.